The Morgan fingerprint density at radius 2 is 1.85 bits per heavy atom. The predicted molar refractivity (Wildman–Crippen MR) is 177 cm³/mol. The first-order chi connectivity index (χ1) is 21.8. The third kappa shape index (κ3) is 5.69. The SMILES string of the molecule is C=C(CC)[C@H]1N2CC(=O)N(CC(=O)NC3CCN(S(C)(=O)=O)CC3)N=C2C[C@@H](c2cccc(Cl)c2)[C@]12C(=O)Nc1cc(Cl)ccc12. The van der Waals surface area contributed by atoms with Crippen LogP contribution in [0.2, 0.25) is 10.0 Å². The van der Waals surface area contributed by atoms with Crippen molar-refractivity contribution in [1.82, 2.24) is 19.5 Å². The first-order valence-corrected chi connectivity index (χ1v) is 17.9. The van der Waals surface area contributed by atoms with E-state index in [9.17, 15) is 22.8 Å². The van der Waals surface area contributed by atoms with Gasteiger partial charge in [-0.3, -0.25) is 14.4 Å². The fraction of sp³-hybridized carbons (Fsp3) is 0.438. The molecule has 2 aromatic rings. The number of nitrogens with one attached hydrogen (secondary N) is 2. The normalized spacial score (nSPS) is 25.2. The van der Waals surface area contributed by atoms with E-state index in [1.165, 1.54) is 15.6 Å². The minimum Gasteiger partial charge on any atom is -0.352 e. The second kappa shape index (κ2) is 12.3. The summed E-state index contributed by atoms with van der Waals surface area (Å²) in [4.78, 5) is 43.0. The molecular weight excluding hydrogens is 651 g/mol. The lowest BCUT2D eigenvalue weighted by atomic mass is 9.58. The van der Waals surface area contributed by atoms with Gasteiger partial charge in [-0.1, -0.05) is 60.5 Å². The number of rotatable bonds is 7. The van der Waals surface area contributed by atoms with Gasteiger partial charge in [0.15, 0.2) is 0 Å². The van der Waals surface area contributed by atoms with Gasteiger partial charge in [0.05, 0.1) is 12.3 Å². The summed E-state index contributed by atoms with van der Waals surface area (Å²) in [6.45, 7) is 6.63. The number of fused-ring (bicyclic) bond motifs is 3. The number of hydrazone groups is 1. The zero-order valence-electron chi connectivity index (χ0n) is 25.6. The number of sulfonamides is 1. The molecule has 6 rings (SSSR count). The topological polar surface area (TPSA) is 131 Å². The summed E-state index contributed by atoms with van der Waals surface area (Å²) in [7, 11) is -3.29. The molecule has 0 radical (unpaired) electrons. The highest BCUT2D eigenvalue weighted by molar-refractivity contribution is 7.88. The number of hydrogen-bond acceptors (Lipinski definition) is 7. The molecule has 11 nitrogen and oxygen atoms in total. The van der Waals surface area contributed by atoms with Gasteiger partial charge >= 0.3 is 0 Å². The smallest absolute Gasteiger partial charge is 0.262 e. The van der Waals surface area contributed by atoms with Crippen LogP contribution < -0.4 is 10.6 Å². The highest BCUT2D eigenvalue weighted by Gasteiger charge is 2.63. The van der Waals surface area contributed by atoms with Crippen LogP contribution in [0.3, 0.4) is 0 Å². The highest BCUT2D eigenvalue weighted by Crippen LogP contribution is 2.57. The molecule has 1 spiro atoms. The summed E-state index contributed by atoms with van der Waals surface area (Å²) in [6, 6.07) is 12.0. The number of amidine groups is 1. The van der Waals surface area contributed by atoms with E-state index < -0.39 is 27.4 Å². The summed E-state index contributed by atoms with van der Waals surface area (Å²) >= 11 is 12.8. The van der Waals surface area contributed by atoms with Crippen molar-refractivity contribution in [3.8, 4) is 0 Å². The first kappa shape index (κ1) is 32.5. The van der Waals surface area contributed by atoms with Crippen molar-refractivity contribution >= 4 is 62.5 Å². The number of piperidine rings is 2. The van der Waals surface area contributed by atoms with Gasteiger partial charge in [0, 0.05) is 47.2 Å². The Hall–Kier alpha value is -3.45. The second-order valence-electron chi connectivity index (χ2n) is 12.3. The molecule has 0 saturated carbocycles. The van der Waals surface area contributed by atoms with Gasteiger partial charge in [0.1, 0.15) is 24.3 Å². The molecule has 0 aliphatic carbocycles. The summed E-state index contributed by atoms with van der Waals surface area (Å²) in [5, 5.41) is 12.9. The third-order valence-electron chi connectivity index (χ3n) is 9.56. The minimum absolute atomic E-state index is 0.0945. The molecule has 2 saturated heterocycles. The number of benzene rings is 2. The minimum atomic E-state index is -3.29. The fourth-order valence-corrected chi connectivity index (χ4v) is 8.64. The number of anilines is 1. The number of carbonyl (C=O) groups is 3. The monoisotopic (exact) mass is 686 g/mol. The standard InChI is InChI=1S/C32H36Cl2N6O5S/c1-4-19(2)30-32(24-9-8-22(34)15-26(24)36-31(32)43)25(20-6-5-7-21(33)14-20)16-27-37-40(29(42)18-39(27)30)17-28(41)35-23-10-12-38(13-11-23)46(3,44)45/h5-9,14-15,23,25,30H,2,4,10-13,16-18H2,1,3H3,(H,35,41)(H,36,43)/t25-,30+,32-/m0/s1. The third-order valence-corrected chi connectivity index (χ3v) is 11.3. The number of hydrogen-bond donors (Lipinski definition) is 2. The maximum absolute atomic E-state index is 14.4. The molecule has 14 heteroatoms. The van der Waals surface area contributed by atoms with Crippen molar-refractivity contribution in [3.05, 3.63) is 75.8 Å². The highest BCUT2D eigenvalue weighted by atomic mass is 35.5. The van der Waals surface area contributed by atoms with Crippen LogP contribution in [0.1, 0.15) is 49.7 Å². The zero-order chi connectivity index (χ0) is 33.0. The van der Waals surface area contributed by atoms with Crippen LogP contribution >= 0.6 is 23.2 Å². The quantitative estimate of drug-likeness (QED) is 0.427. The lowest BCUT2D eigenvalue weighted by molar-refractivity contribution is -0.139. The maximum Gasteiger partial charge on any atom is 0.262 e. The number of nitrogens with zero attached hydrogens (tertiary/aromatic N) is 4. The van der Waals surface area contributed by atoms with Gasteiger partial charge in [-0.25, -0.2) is 17.7 Å². The molecule has 0 bridgehead atoms. The van der Waals surface area contributed by atoms with E-state index in [0.29, 0.717) is 60.3 Å². The van der Waals surface area contributed by atoms with Gasteiger partial charge in [-0.05, 0) is 54.7 Å². The summed E-state index contributed by atoms with van der Waals surface area (Å²) < 4.78 is 25.1. The molecule has 4 aliphatic heterocycles. The Labute approximate surface area is 278 Å². The van der Waals surface area contributed by atoms with Crippen LogP contribution in [0, 0.1) is 0 Å². The van der Waals surface area contributed by atoms with Crippen molar-refractivity contribution in [1.29, 1.82) is 0 Å². The maximum atomic E-state index is 14.4. The molecule has 3 atom stereocenters. The predicted octanol–water partition coefficient (Wildman–Crippen LogP) is 3.70. The van der Waals surface area contributed by atoms with E-state index in [4.69, 9.17) is 28.3 Å². The largest absolute Gasteiger partial charge is 0.352 e. The molecule has 0 aromatic heterocycles. The molecule has 2 aromatic carbocycles. The Morgan fingerprint density at radius 1 is 1.13 bits per heavy atom. The molecule has 2 fully saturated rings. The Morgan fingerprint density at radius 3 is 2.52 bits per heavy atom. The fourth-order valence-electron chi connectivity index (χ4n) is 7.40. The Bertz CT molecular complexity index is 1760. The van der Waals surface area contributed by atoms with Gasteiger partial charge in [-0.2, -0.15) is 5.10 Å². The average Bonchev–Trinajstić information content (AvgIpc) is 3.27. The molecule has 0 unspecified atom stereocenters. The lowest BCUT2D eigenvalue weighted by Gasteiger charge is -2.54. The first-order valence-electron chi connectivity index (χ1n) is 15.3. The molecule has 4 aliphatic rings. The van der Waals surface area contributed by atoms with Gasteiger partial charge in [-0.15, -0.1) is 0 Å². The number of carbonyl (C=O) groups excluding carboxylic acids is 3. The van der Waals surface area contributed by atoms with Crippen LogP contribution in [0.25, 0.3) is 0 Å². The second-order valence-corrected chi connectivity index (χ2v) is 15.2. The van der Waals surface area contributed by atoms with Crippen LogP contribution in [-0.2, 0) is 29.8 Å². The number of halogens is 2. The van der Waals surface area contributed by atoms with Gasteiger partial charge in [0.25, 0.3) is 5.91 Å². The van der Waals surface area contributed by atoms with Crippen molar-refractivity contribution < 1.29 is 22.8 Å². The number of amides is 3. The average molecular weight is 688 g/mol. The molecule has 3 amide bonds. The molecule has 4 heterocycles. The van der Waals surface area contributed by atoms with E-state index in [1.54, 1.807) is 18.2 Å². The van der Waals surface area contributed by atoms with Crippen molar-refractivity contribution in [2.45, 2.75) is 56.0 Å². The van der Waals surface area contributed by atoms with Crippen molar-refractivity contribution in [2.75, 3.05) is 37.8 Å². The van der Waals surface area contributed by atoms with Gasteiger partial charge < -0.3 is 15.5 Å². The van der Waals surface area contributed by atoms with Crippen LogP contribution in [0.4, 0.5) is 5.69 Å². The van der Waals surface area contributed by atoms with E-state index >= 15 is 0 Å². The zero-order valence-corrected chi connectivity index (χ0v) is 28.0. The Kier molecular flexibility index (Phi) is 8.68. The van der Waals surface area contributed by atoms with E-state index in [-0.39, 0.29) is 36.9 Å². The molecule has 2 N–H and O–H groups in total. The van der Waals surface area contributed by atoms with Crippen LogP contribution in [0.5, 0.6) is 0 Å². The summed E-state index contributed by atoms with van der Waals surface area (Å²) in [5.74, 6) is -0.853. The lowest BCUT2D eigenvalue weighted by Crippen LogP contribution is -2.67. The van der Waals surface area contributed by atoms with Crippen molar-refractivity contribution in [2.24, 2.45) is 5.10 Å². The van der Waals surface area contributed by atoms with E-state index in [2.05, 4.69) is 17.2 Å². The van der Waals surface area contributed by atoms with Crippen molar-refractivity contribution in [3.63, 3.8) is 0 Å². The van der Waals surface area contributed by atoms with Crippen LogP contribution in [-0.4, -0.2) is 90.7 Å². The summed E-state index contributed by atoms with van der Waals surface area (Å²) in [6.07, 6.45) is 2.97. The molecular formula is C32H36Cl2N6O5S. The van der Waals surface area contributed by atoms with E-state index in [0.717, 1.165) is 16.7 Å². The molecule has 244 valence electrons. The molecule has 46 heavy (non-hydrogen) atoms. The Balaban J connectivity index is 1.35. The summed E-state index contributed by atoms with van der Waals surface area (Å²) in [5.41, 5.74) is 1.81. The van der Waals surface area contributed by atoms with Crippen LogP contribution in [0.15, 0.2) is 59.7 Å². The van der Waals surface area contributed by atoms with E-state index in [1.807, 2.05) is 36.1 Å². The van der Waals surface area contributed by atoms with Gasteiger partial charge in [0.2, 0.25) is 21.8 Å².